The number of amidine groups is 1. The Morgan fingerprint density at radius 1 is 1.05 bits per heavy atom. The van der Waals surface area contributed by atoms with Crippen LogP contribution in [0, 0.1) is 0 Å². The minimum atomic E-state index is -0.400. The lowest BCUT2D eigenvalue weighted by Gasteiger charge is -2.29. The van der Waals surface area contributed by atoms with Gasteiger partial charge in [0.1, 0.15) is 0 Å². The van der Waals surface area contributed by atoms with E-state index in [1.807, 2.05) is 35.4 Å². The number of benzene rings is 1. The molecule has 2 aliphatic rings. The van der Waals surface area contributed by atoms with Crippen LogP contribution in [0.2, 0.25) is 0 Å². The number of ether oxygens (including phenoxy) is 1. The third kappa shape index (κ3) is 3.43. The summed E-state index contributed by atoms with van der Waals surface area (Å²) < 4.78 is 6.04. The molecule has 1 aliphatic heterocycles. The number of hydrogen-bond acceptors (Lipinski definition) is 3. The van der Waals surface area contributed by atoms with E-state index in [4.69, 9.17) is 14.6 Å². The molecule has 0 bridgehead atoms. The molecule has 0 N–H and O–H groups in total. The van der Waals surface area contributed by atoms with E-state index in [1.54, 1.807) is 0 Å². The van der Waals surface area contributed by atoms with Gasteiger partial charge in [0.25, 0.3) is 6.29 Å². The monoisotopic (exact) mass is 302 g/mol. The molecule has 1 atom stereocenters. The minimum absolute atomic E-state index is 0.184. The quantitative estimate of drug-likeness (QED) is 0.810. The summed E-state index contributed by atoms with van der Waals surface area (Å²) in [5.74, 6) is 0. The second-order valence-corrected chi connectivity index (χ2v) is 7.13. The van der Waals surface area contributed by atoms with Crippen molar-refractivity contribution in [2.24, 2.45) is 4.99 Å². The van der Waals surface area contributed by atoms with Gasteiger partial charge in [0.05, 0.1) is 11.6 Å². The molecule has 0 amide bonds. The van der Waals surface area contributed by atoms with Crippen molar-refractivity contribution < 1.29 is 9.57 Å². The molecule has 1 unspecified atom stereocenters. The van der Waals surface area contributed by atoms with E-state index in [-0.39, 0.29) is 5.54 Å². The molecule has 1 heterocycles. The van der Waals surface area contributed by atoms with Crippen LogP contribution >= 0.6 is 0 Å². The van der Waals surface area contributed by atoms with E-state index in [0.29, 0.717) is 12.1 Å². The van der Waals surface area contributed by atoms with Crippen molar-refractivity contribution in [2.45, 2.75) is 70.7 Å². The second-order valence-electron chi connectivity index (χ2n) is 7.13. The largest absolute Gasteiger partial charge is 0.427 e. The van der Waals surface area contributed by atoms with Gasteiger partial charge < -0.3 is 4.74 Å². The average Bonchev–Trinajstić information content (AvgIpc) is 2.93. The Morgan fingerprint density at radius 3 is 2.36 bits per heavy atom. The maximum atomic E-state index is 6.05. The molecule has 1 saturated carbocycles. The summed E-state index contributed by atoms with van der Waals surface area (Å²) in [6.45, 7) is 6.33. The molecule has 3 rings (SSSR count). The third-order valence-electron chi connectivity index (χ3n) is 4.14. The van der Waals surface area contributed by atoms with Gasteiger partial charge in [0.2, 0.25) is 0 Å². The van der Waals surface area contributed by atoms with E-state index in [2.05, 4.69) is 20.8 Å². The second kappa shape index (κ2) is 6.29. The Kier molecular flexibility index (Phi) is 4.39. The van der Waals surface area contributed by atoms with Crippen LogP contribution in [-0.2, 0) is 9.57 Å². The van der Waals surface area contributed by atoms with Gasteiger partial charge in [-0.3, -0.25) is 0 Å². The molecule has 4 heteroatoms. The number of nitrogens with zero attached hydrogens (tertiary/aromatic N) is 2. The highest BCUT2D eigenvalue weighted by atomic mass is 16.9. The molecule has 0 spiro atoms. The lowest BCUT2D eigenvalue weighted by molar-refractivity contribution is -0.194. The van der Waals surface area contributed by atoms with E-state index in [9.17, 15) is 0 Å². The van der Waals surface area contributed by atoms with Gasteiger partial charge in [-0.25, -0.2) is 9.83 Å². The Labute approximate surface area is 133 Å². The van der Waals surface area contributed by atoms with Crippen molar-refractivity contribution in [3.05, 3.63) is 35.9 Å². The fourth-order valence-electron chi connectivity index (χ4n) is 2.94. The highest BCUT2D eigenvalue weighted by Crippen LogP contribution is 2.33. The molecule has 1 aromatic carbocycles. The predicted molar refractivity (Wildman–Crippen MR) is 87.3 cm³/mol. The summed E-state index contributed by atoms with van der Waals surface area (Å²) >= 11 is 0. The standard InChI is InChI=1S/C18H26N2O2/c1-18(2,3)20-17(19-15-12-8-5-9-13-15)21-16(22-20)14-10-6-4-7-11-14/h4,6-7,10-11,15-16H,5,8-9,12-13H2,1-3H3. The van der Waals surface area contributed by atoms with Crippen molar-refractivity contribution in [1.29, 1.82) is 0 Å². The molecule has 1 aromatic rings. The molecule has 1 saturated heterocycles. The van der Waals surface area contributed by atoms with Gasteiger partial charge in [-0.1, -0.05) is 49.6 Å². The number of rotatable bonds is 2. The zero-order valence-electron chi connectivity index (χ0n) is 13.8. The first-order valence-electron chi connectivity index (χ1n) is 8.30. The van der Waals surface area contributed by atoms with E-state index in [0.717, 1.165) is 18.4 Å². The van der Waals surface area contributed by atoms with Crippen LogP contribution < -0.4 is 0 Å². The van der Waals surface area contributed by atoms with Gasteiger partial charge in [-0.15, -0.1) is 0 Å². The van der Waals surface area contributed by atoms with Crippen LogP contribution in [0.25, 0.3) is 0 Å². The molecule has 4 nitrogen and oxygen atoms in total. The summed E-state index contributed by atoms with van der Waals surface area (Å²) in [5, 5.41) is 1.83. The van der Waals surface area contributed by atoms with Crippen molar-refractivity contribution in [3.63, 3.8) is 0 Å². The Hall–Kier alpha value is -1.55. The molecule has 120 valence electrons. The summed E-state index contributed by atoms with van der Waals surface area (Å²) in [4.78, 5) is 10.9. The van der Waals surface area contributed by atoms with Gasteiger partial charge >= 0.3 is 6.02 Å². The number of hydroxylamine groups is 2. The Morgan fingerprint density at radius 2 is 1.73 bits per heavy atom. The van der Waals surface area contributed by atoms with E-state index in [1.165, 1.54) is 19.3 Å². The summed E-state index contributed by atoms with van der Waals surface area (Å²) in [6.07, 6.45) is 5.76. The smallest absolute Gasteiger partial charge is 0.315 e. The molecule has 1 aliphatic carbocycles. The fraction of sp³-hybridized carbons (Fsp3) is 0.611. The van der Waals surface area contributed by atoms with Crippen LogP contribution in [0.4, 0.5) is 0 Å². The fourth-order valence-corrected chi connectivity index (χ4v) is 2.94. The van der Waals surface area contributed by atoms with Gasteiger partial charge in [0, 0.05) is 5.56 Å². The van der Waals surface area contributed by atoms with E-state index >= 15 is 0 Å². The molecular formula is C18H26N2O2. The van der Waals surface area contributed by atoms with Gasteiger partial charge in [0.15, 0.2) is 0 Å². The minimum Gasteiger partial charge on any atom is -0.427 e. The molecule has 0 aromatic heterocycles. The summed E-state index contributed by atoms with van der Waals surface area (Å²) in [5.41, 5.74) is 0.836. The summed E-state index contributed by atoms with van der Waals surface area (Å²) in [6, 6.07) is 11.0. The maximum Gasteiger partial charge on any atom is 0.315 e. The first-order chi connectivity index (χ1) is 10.5. The van der Waals surface area contributed by atoms with Crippen molar-refractivity contribution >= 4 is 6.02 Å². The normalized spacial score (nSPS) is 25.5. The highest BCUT2D eigenvalue weighted by Gasteiger charge is 2.39. The zero-order chi connectivity index (χ0) is 15.6. The van der Waals surface area contributed by atoms with Crippen LogP contribution in [-0.4, -0.2) is 22.7 Å². The SMILES string of the molecule is CC(C)(C)N1OC(c2ccccc2)OC1=NC1CCCCC1. The molecule has 0 radical (unpaired) electrons. The molecule has 22 heavy (non-hydrogen) atoms. The average molecular weight is 302 g/mol. The highest BCUT2D eigenvalue weighted by molar-refractivity contribution is 5.75. The zero-order valence-corrected chi connectivity index (χ0v) is 13.8. The number of aliphatic imine (C=N–C) groups is 1. The van der Waals surface area contributed by atoms with Crippen molar-refractivity contribution in [2.75, 3.05) is 0 Å². The topological polar surface area (TPSA) is 34.1 Å². The van der Waals surface area contributed by atoms with Crippen molar-refractivity contribution in [1.82, 2.24) is 5.06 Å². The first kappa shape index (κ1) is 15.3. The van der Waals surface area contributed by atoms with Crippen LogP contribution in [0.3, 0.4) is 0 Å². The number of hydrogen-bond donors (Lipinski definition) is 0. The third-order valence-corrected chi connectivity index (χ3v) is 4.14. The molecular weight excluding hydrogens is 276 g/mol. The molecule has 2 fully saturated rings. The van der Waals surface area contributed by atoms with Gasteiger partial charge in [-0.2, -0.15) is 5.06 Å². The lowest BCUT2D eigenvalue weighted by atomic mass is 9.96. The maximum absolute atomic E-state index is 6.05. The summed E-state index contributed by atoms with van der Waals surface area (Å²) in [7, 11) is 0. The Balaban J connectivity index is 1.81. The van der Waals surface area contributed by atoms with Gasteiger partial charge in [-0.05, 0) is 33.6 Å². The van der Waals surface area contributed by atoms with Crippen LogP contribution in [0.5, 0.6) is 0 Å². The Bertz CT molecular complexity index is 516. The lowest BCUT2D eigenvalue weighted by Crippen LogP contribution is -2.42. The van der Waals surface area contributed by atoms with E-state index < -0.39 is 6.29 Å². The van der Waals surface area contributed by atoms with Crippen LogP contribution in [0.15, 0.2) is 35.3 Å². The van der Waals surface area contributed by atoms with Crippen molar-refractivity contribution in [3.8, 4) is 0 Å². The first-order valence-corrected chi connectivity index (χ1v) is 8.30. The predicted octanol–water partition coefficient (Wildman–Crippen LogP) is 4.44. The van der Waals surface area contributed by atoms with Crippen LogP contribution in [0.1, 0.15) is 64.7 Å².